The highest BCUT2D eigenvalue weighted by Crippen LogP contribution is 2.33. The molecule has 1 heterocycles. The number of nitrogens with zero attached hydrogens (tertiary/aromatic N) is 2. The van der Waals surface area contributed by atoms with Gasteiger partial charge in [0.2, 0.25) is 10.0 Å². The van der Waals surface area contributed by atoms with Crippen molar-refractivity contribution in [2.45, 2.75) is 17.1 Å². The van der Waals surface area contributed by atoms with E-state index in [4.69, 9.17) is 5.73 Å². The summed E-state index contributed by atoms with van der Waals surface area (Å²) in [5.41, 5.74) is 7.30. The number of hydrogen-bond donors (Lipinski definition) is 1. The first kappa shape index (κ1) is 15.5. The molecule has 7 heteroatoms. The van der Waals surface area contributed by atoms with E-state index in [-0.39, 0.29) is 4.90 Å². The summed E-state index contributed by atoms with van der Waals surface area (Å²) < 4.78 is 25.7. The van der Waals surface area contributed by atoms with Gasteiger partial charge in [0.15, 0.2) is 0 Å². The minimum atomic E-state index is -3.51. The van der Waals surface area contributed by atoms with E-state index in [1.165, 1.54) is 18.4 Å². The summed E-state index contributed by atoms with van der Waals surface area (Å²) in [6.45, 7) is 3.96. The highest BCUT2D eigenvalue weighted by Gasteiger charge is 2.25. The number of nitrogens with two attached hydrogens (primary N) is 1. The van der Waals surface area contributed by atoms with Crippen LogP contribution in [0.25, 0.3) is 0 Å². The highest BCUT2D eigenvalue weighted by atomic mass is 32.2. The van der Waals surface area contributed by atoms with Crippen LogP contribution in [0.5, 0.6) is 0 Å². The maximum Gasteiger partial charge on any atom is 0.244 e. The van der Waals surface area contributed by atoms with Crippen LogP contribution >= 0.6 is 11.8 Å². The molecule has 1 atom stereocenters. The molecule has 1 fully saturated rings. The lowest BCUT2D eigenvalue weighted by atomic mass is 10.2. The third-order valence-electron chi connectivity index (χ3n) is 3.38. The molecule has 0 radical (unpaired) electrons. The third kappa shape index (κ3) is 2.89. The second-order valence-corrected chi connectivity index (χ2v) is 8.77. The van der Waals surface area contributed by atoms with Crippen molar-refractivity contribution in [1.82, 2.24) is 4.31 Å². The van der Waals surface area contributed by atoms with Crippen molar-refractivity contribution in [1.29, 1.82) is 0 Å². The van der Waals surface area contributed by atoms with E-state index in [2.05, 4.69) is 11.8 Å². The van der Waals surface area contributed by atoms with Crippen molar-refractivity contribution < 1.29 is 8.42 Å². The molecule has 0 saturated carbocycles. The summed E-state index contributed by atoms with van der Waals surface area (Å²) in [5.74, 6) is 1.03. The van der Waals surface area contributed by atoms with E-state index < -0.39 is 10.0 Å². The SMILES string of the molecule is CC1CN(c2cccc(S(=O)(=O)N(C)C)c2N)CCS1. The predicted molar refractivity (Wildman–Crippen MR) is 85.9 cm³/mol. The van der Waals surface area contributed by atoms with Gasteiger partial charge in [-0.3, -0.25) is 0 Å². The van der Waals surface area contributed by atoms with Crippen LogP contribution < -0.4 is 10.6 Å². The highest BCUT2D eigenvalue weighted by molar-refractivity contribution is 8.00. The number of sulfonamides is 1. The number of hydrogen-bond acceptors (Lipinski definition) is 5. The van der Waals surface area contributed by atoms with Gasteiger partial charge in [0.1, 0.15) is 4.90 Å². The largest absolute Gasteiger partial charge is 0.396 e. The Hall–Kier alpha value is -0.920. The fourth-order valence-electron chi connectivity index (χ4n) is 2.27. The predicted octanol–water partition coefficient (Wildman–Crippen LogP) is 1.46. The summed E-state index contributed by atoms with van der Waals surface area (Å²) >= 11 is 1.93. The molecule has 0 aliphatic carbocycles. The minimum Gasteiger partial charge on any atom is -0.396 e. The van der Waals surface area contributed by atoms with Crippen molar-refractivity contribution >= 4 is 33.2 Å². The molecule has 0 aromatic heterocycles. The molecule has 0 spiro atoms. The third-order valence-corrected chi connectivity index (χ3v) is 6.39. The maximum atomic E-state index is 12.3. The van der Waals surface area contributed by atoms with E-state index in [0.29, 0.717) is 10.9 Å². The first-order valence-corrected chi connectivity index (χ1v) is 9.00. The summed E-state index contributed by atoms with van der Waals surface area (Å²) in [5, 5.41) is 0.525. The molecular formula is C13H21N3O2S2. The second kappa shape index (κ2) is 5.83. The first-order chi connectivity index (χ1) is 9.34. The van der Waals surface area contributed by atoms with E-state index in [0.717, 1.165) is 24.5 Å². The van der Waals surface area contributed by atoms with Crippen molar-refractivity contribution in [2.24, 2.45) is 0 Å². The Labute approximate surface area is 125 Å². The Morgan fingerprint density at radius 3 is 2.70 bits per heavy atom. The van der Waals surface area contributed by atoms with E-state index >= 15 is 0 Å². The maximum absolute atomic E-state index is 12.3. The second-order valence-electron chi connectivity index (χ2n) is 5.10. The van der Waals surface area contributed by atoms with Crippen LogP contribution in [-0.4, -0.2) is 50.9 Å². The number of nitrogen functional groups attached to an aromatic ring is 1. The van der Waals surface area contributed by atoms with Crippen LogP contribution in [0.1, 0.15) is 6.92 Å². The molecule has 0 amide bonds. The van der Waals surface area contributed by atoms with Gasteiger partial charge in [0, 0.05) is 38.2 Å². The van der Waals surface area contributed by atoms with Crippen LogP contribution in [-0.2, 0) is 10.0 Å². The Bertz CT molecular complexity index is 587. The fraction of sp³-hybridized carbons (Fsp3) is 0.538. The molecule has 2 rings (SSSR count). The number of para-hydroxylation sites is 1. The minimum absolute atomic E-state index is 0.186. The van der Waals surface area contributed by atoms with Crippen molar-refractivity contribution in [2.75, 3.05) is 43.6 Å². The molecule has 20 heavy (non-hydrogen) atoms. The Kier molecular flexibility index (Phi) is 4.51. The van der Waals surface area contributed by atoms with Gasteiger partial charge < -0.3 is 10.6 Å². The molecule has 2 N–H and O–H groups in total. The van der Waals surface area contributed by atoms with Gasteiger partial charge in [-0.25, -0.2) is 12.7 Å². The Morgan fingerprint density at radius 1 is 1.40 bits per heavy atom. The summed E-state index contributed by atoms with van der Waals surface area (Å²) in [6.07, 6.45) is 0. The quantitative estimate of drug-likeness (QED) is 0.856. The molecule has 1 aromatic rings. The Balaban J connectivity index is 2.42. The summed E-state index contributed by atoms with van der Waals surface area (Å²) in [4.78, 5) is 2.36. The van der Waals surface area contributed by atoms with Crippen molar-refractivity contribution in [3.63, 3.8) is 0 Å². The molecule has 1 saturated heterocycles. The van der Waals surface area contributed by atoms with Crippen LogP contribution in [0.4, 0.5) is 11.4 Å². The monoisotopic (exact) mass is 315 g/mol. The topological polar surface area (TPSA) is 66.6 Å². The average molecular weight is 315 g/mol. The zero-order valence-corrected chi connectivity index (χ0v) is 13.7. The smallest absolute Gasteiger partial charge is 0.244 e. The molecule has 1 aliphatic rings. The number of benzene rings is 1. The number of rotatable bonds is 3. The van der Waals surface area contributed by atoms with Crippen LogP contribution in [0.3, 0.4) is 0 Å². The van der Waals surface area contributed by atoms with Crippen LogP contribution in [0.2, 0.25) is 0 Å². The van der Waals surface area contributed by atoms with E-state index in [9.17, 15) is 8.42 Å². The van der Waals surface area contributed by atoms with Crippen LogP contribution in [0.15, 0.2) is 23.1 Å². The first-order valence-electron chi connectivity index (χ1n) is 6.51. The molecule has 5 nitrogen and oxygen atoms in total. The van der Waals surface area contributed by atoms with Crippen LogP contribution in [0, 0.1) is 0 Å². The van der Waals surface area contributed by atoms with Crippen molar-refractivity contribution in [3.05, 3.63) is 18.2 Å². The zero-order valence-electron chi connectivity index (χ0n) is 12.0. The summed E-state index contributed by atoms with van der Waals surface area (Å²) in [6, 6.07) is 5.22. The molecule has 1 aromatic carbocycles. The number of thioether (sulfide) groups is 1. The standard InChI is InChI=1S/C13H21N3O2S2/c1-10-9-16(7-8-19-10)11-5-4-6-12(13(11)14)20(17,18)15(2)3/h4-6,10H,7-9,14H2,1-3H3. The molecule has 1 unspecified atom stereocenters. The van der Waals surface area contributed by atoms with Gasteiger partial charge in [-0.1, -0.05) is 13.0 Å². The van der Waals surface area contributed by atoms with Gasteiger partial charge >= 0.3 is 0 Å². The van der Waals surface area contributed by atoms with Crippen molar-refractivity contribution in [3.8, 4) is 0 Å². The van der Waals surface area contributed by atoms with E-state index in [1.807, 2.05) is 17.8 Å². The van der Waals surface area contributed by atoms with Gasteiger partial charge in [-0.05, 0) is 12.1 Å². The van der Waals surface area contributed by atoms with E-state index in [1.54, 1.807) is 12.1 Å². The lowest BCUT2D eigenvalue weighted by Crippen LogP contribution is -2.37. The average Bonchev–Trinajstić information content (AvgIpc) is 2.38. The lowest BCUT2D eigenvalue weighted by Gasteiger charge is -2.33. The lowest BCUT2D eigenvalue weighted by molar-refractivity contribution is 0.521. The molecular weight excluding hydrogens is 294 g/mol. The Morgan fingerprint density at radius 2 is 2.10 bits per heavy atom. The normalized spacial score (nSPS) is 20.4. The summed E-state index contributed by atoms with van der Waals surface area (Å²) in [7, 11) is -0.476. The van der Waals surface area contributed by atoms with Gasteiger partial charge in [-0.2, -0.15) is 11.8 Å². The number of anilines is 2. The molecule has 1 aliphatic heterocycles. The molecule has 0 bridgehead atoms. The molecule has 112 valence electrons. The fourth-order valence-corrected chi connectivity index (χ4v) is 4.31. The van der Waals surface area contributed by atoms with Gasteiger partial charge in [0.05, 0.1) is 11.4 Å². The van der Waals surface area contributed by atoms with Gasteiger partial charge in [-0.15, -0.1) is 0 Å². The zero-order chi connectivity index (χ0) is 14.9. The van der Waals surface area contributed by atoms with Gasteiger partial charge in [0.25, 0.3) is 0 Å².